The second-order valence-electron chi connectivity index (χ2n) is 5.83. The fourth-order valence-electron chi connectivity index (χ4n) is 2.54. The number of rotatable bonds is 6. The van der Waals surface area contributed by atoms with Crippen LogP contribution in [0, 0.1) is 17.0 Å². The SMILES string of the molecule is Cc1c(NCc2nnnn2-c2ccc(S(C)(=O)=O)cc2)cccc1[N+](=O)[O-]. The number of anilines is 1. The summed E-state index contributed by atoms with van der Waals surface area (Å²) in [5, 5.41) is 25.7. The number of nitrogens with one attached hydrogen (secondary N) is 1. The molecule has 3 aromatic rings. The summed E-state index contributed by atoms with van der Waals surface area (Å²) < 4.78 is 24.6. The van der Waals surface area contributed by atoms with E-state index >= 15 is 0 Å². The van der Waals surface area contributed by atoms with Crippen molar-refractivity contribution in [1.82, 2.24) is 20.2 Å². The summed E-state index contributed by atoms with van der Waals surface area (Å²) in [6.45, 7) is 1.89. The van der Waals surface area contributed by atoms with Gasteiger partial charge in [0.15, 0.2) is 15.7 Å². The van der Waals surface area contributed by atoms with Crippen LogP contribution < -0.4 is 5.32 Å². The fraction of sp³-hybridized carbons (Fsp3) is 0.188. The van der Waals surface area contributed by atoms with Crippen LogP contribution in [-0.4, -0.2) is 39.8 Å². The third-order valence-electron chi connectivity index (χ3n) is 3.98. The lowest BCUT2D eigenvalue weighted by atomic mass is 10.1. The van der Waals surface area contributed by atoms with Gasteiger partial charge in [-0.2, -0.15) is 4.68 Å². The van der Waals surface area contributed by atoms with Gasteiger partial charge >= 0.3 is 0 Å². The number of tetrazole rings is 1. The van der Waals surface area contributed by atoms with Crippen molar-refractivity contribution in [1.29, 1.82) is 0 Å². The molecule has 0 aliphatic carbocycles. The van der Waals surface area contributed by atoms with Crippen LogP contribution in [-0.2, 0) is 16.4 Å². The van der Waals surface area contributed by atoms with Gasteiger partial charge in [0, 0.05) is 23.6 Å². The Labute approximate surface area is 154 Å². The van der Waals surface area contributed by atoms with Crippen molar-refractivity contribution >= 4 is 21.2 Å². The van der Waals surface area contributed by atoms with Gasteiger partial charge in [0.1, 0.15) is 0 Å². The molecule has 3 rings (SSSR count). The standard InChI is InChI=1S/C16H16N6O4S/c1-11-14(4-3-5-15(11)22(23)24)17-10-16-18-19-20-21(16)12-6-8-13(9-7-12)27(2,25)26/h3-9,17H,10H2,1-2H3. The Morgan fingerprint density at radius 3 is 2.52 bits per heavy atom. The largest absolute Gasteiger partial charge is 0.377 e. The number of nitrogens with zero attached hydrogens (tertiary/aromatic N) is 5. The molecular weight excluding hydrogens is 372 g/mol. The molecular formula is C16H16N6O4S. The minimum absolute atomic E-state index is 0.0240. The van der Waals surface area contributed by atoms with Gasteiger partial charge < -0.3 is 5.32 Å². The zero-order valence-corrected chi connectivity index (χ0v) is 15.3. The van der Waals surface area contributed by atoms with Crippen molar-refractivity contribution in [3.8, 4) is 5.69 Å². The molecule has 11 heteroatoms. The van der Waals surface area contributed by atoms with Crippen LogP contribution in [0.4, 0.5) is 11.4 Å². The molecule has 0 bridgehead atoms. The van der Waals surface area contributed by atoms with E-state index < -0.39 is 14.8 Å². The van der Waals surface area contributed by atoms with Crippen LogP contribution in [0.15, 0.2) is 47.4 Å². The van der Waals surface area contributed by atoms with Gasteiger partial charge in [-0.25, -0.2) is 8.42 Å². The number of nitro groups is 1. The predicted octanol–water partition coefficient (Wildman–Crippen LogP) is 1.89. The van der Waals surface area contributed by atoms with Crippen LogP contribution in [0.3, 0.4) is 0 Å². The number of sulfone groups is 1. The smallest absolute Gasteiger partial charge is 0.274 e. The van der Waals surface area contributed by atoms with Gasteiger partial charge in [-0.15, -0.1) is 5.10 Å². The summed E-state index contributed by atoms with van der Waals surface area (Å²) in [5.74, 6) is 0.466. The van der Waals surface area contributed by atoms with Crippen molar-refractivity contribution in [2.24, 2.45) is 0 Å². The highest BCUT2D eigenvalue weighted by molar-refractivity contribution is 7.90. The minimum Gasteiger partial charge on any atom is -0.377 e. The van der Waals surface area contributed by atoms with Gasteiger partial charge in [0.25, 0.3) is 5.69 Å². The Hall–Kier alpha value is -3.34. The molecule has 1 heterocycles. The Balaban J connectivity index is 1.83. The molecule has 0 radical (unpaired) electrons. The highest BCUT2D eigenvalue weighted by Gasteiger charge is 2.15. The zero-order chi connectivity index (χ0) is 19.6. The first-order valence-electron chi connectivity index (χ1n) is 7.83. The average molecular weight is 388 g/mol. The molecule has 0 spiro atoms. The van der Waals surface area contributed by atoms with E-state index in [9.17, 15) is 18.5 Å². The second kappa shape index (κ2) is 7.11. The molecule has 0 saturated heterocycles. The van der Waals surface area contributed by atoms with Crippen molar-refractivity contribution in [3.63, 3.8) is 0 Å². The van der Waals surface area contributed by atoms with Crippen LogP contribution in [0.5, 0.6) is 0 Å². The van der Waals surface area contributed by atoms with E-state index in [1.54, 1.807) is 31.2 Å². The summed E-state index contributed by atoms with van der Waals surface area (Å²) in [7, 11) is -3.29. The third-order valence-corrected chi connectivity index (χ3v) is 5.11. The molecule has 0 aliphatic heterocycles. The van der Waals surface area contributed by atoms with Gasteiger partial charge in [-0.3, -0.25) is 10.1 Å². The van der Waals surface area contributed by atoms with Crippen LogP contribution >= 0.6 is 0 Å². The topological polar surface area (TPSA) is 133 Å². The lowest BCUT2D eigenvalue weighted by molar-refractivity contribution is -0.385. The molecule has 0 unspecified atom stereocenters. The molecule has 0 atom stereocenters. The van der Waals surface area contributed by atoms with Crippen molar-refractivity contribution in [3.05, 3.63) is 64.0 Å². The molecule has 1 aromatic heterocycles. The van der Waals surface area contributed by atoms with E-state index in [2.05, 4.69) is 20.8 Å². The van der Waals surface area contributed by atoms with E-state index in [0.717, 1.165) is 6.26 Å². The predicted molar refractivity (Wildman–Crippen MR) is 97.4 cm³/mol. The highest BCUT2D eigenvalue weighted by Crippen LogP contribution is 2.25. The van der Waals surface area contributed by atoms with Crippen LogP contribution in [0.2, 0.25) is 0 Å². The van der Waals surface area contributed by atoms with Crippen molar-refractivity contribution < 1.29 is 13.3 Å². The van der Waals surface area contributed by atoms with E-state index in [-0.39, 0.29) is 17.1 Å². The quantitative estimate of drug-likeness (QED) is 0.500. The molecule has 0 aliphatic rings. The Kier molecular flexibility index (Phi) is 4.86. The summed E-state index contributed by atoms with van der Waals surface area (Å²) in [6.07, 6.45) is 1.13. The Morgan fingerprint density at radius 2 is 1.89 bits per heavy atom. The molecule has 0 saturated carbocycles. The Bertz CT molecular complexity index is 1090. The first-order chi connectivity index (χ1) is 12.8. The maximum absolute atomic E-state index is 11.6. The maximum atomic E-state index is 11.6. The fourth-order valence-corrected chi connectivity index (χ4v) is 3.17. The maximum Gasteiger partial charge on any atom is 0.274 e. The van der Waals surface area contributed by atoms with Crippen molar-refractivity contribution in [2.75, 3.05) is 11.6 Å². The minimum atomic E-state index is -3.29. The molecule has 27 heavy (non-hydrogen) atoms. The number of benzene rings is 2. The normalized spacial score (nSPS) is 11.3. The van der Waals surface area contributed by atoms with Gasteiger partial charge in [0.05, 0.1) is 22.1 Å². The zero-order valence-electron chi connectivity index (χ0n) is 14.5. The Morgan fingerprint density at radius 1 is 1.19 bits per heavy atom. The van der Waals surface area contributed by atoms with Gasteiger partial charge in [-0.1, -0.05) is 6.07 Å². The van der Waals surface area contributed by atoms with Crippen LogP contribution in [0.25, 0.3) is 5.69 Å². The van der Waals surface area contributed by atoms with E-state index in [1.165, 1.54) is 22.9 Å². The summed E-state index contributed by atoms with van der Waals surface area (Å²) in [6, 6.07) is 10.9. The van der Waals surface area contributed by atoms with E-state index in [0.29, 0.717) is 22.8 Å². The molecule has 2 aromatic carbocycles. The summed E-state index contributed by atoms with van der Waals surface area (Å²) in [5.41, 5.74) is 1.74. The molecule has 0 amide bonds. The number of hydrogen-bond acceptors (Lipinski definition) is 8. The number of hydrogen-bond donors (Lipinski definition) is 1. The summed E-state index contributed by atoms with van der Waals surface area (Å²) >= 11 is 0. The number of aromatic nitrogens is 4. The number of nitro benzene ring substituents is 1. The lowest BCUT2D eigenvalue weighted by Gasteiger charge is -2.10. The first-order valence-corrected chi connectivity index (χ1v) is 9.72. The first kappa shape index (κ1) is 18.5. The van der Waals surface area contributed by atoms with Gasteiger partial charge in [0.2, 0.25) is 0 Å². The molecule has 0 fully saturated rings. The monoisotopic (exact) mass is 388 g/mol. The average Bonchev–Trinajstić information content (AvgIpc) is 3.08. The van der Waals surface area contributed by atoms with E-state index in [4.69, 9.17) is 0 Å². The van der Waals surface area contributed by atoms with Crippen molar-refractivity contribution in [2.45, 2.75) is 18.4 Å². The second-order valence-corrected chi connectivity index (χ2v) is 7.85. The molecule has 140 valence electrons. The highest BCUT2D eigenvalue weighted by atomic mass is 32.2. The van der Waals surface area contributed by atoms with E-state index in [1.807, 2.05) is 0 Å². The lowest BCUT2D eigenvalue weighted by Crippen LogP contribution is -2.10. The van der Waals surface area contributed by atoms with Gasteiger partial charge in [-0.05, 0) is 47.7 Å². The third kappa shape index (κ3) is 3.92. The van der Waals surface area contributed by atoms with Crippen LogP contribution in [0.1, 0.15) is 11.4 Å². The molecule has 1 N–H and O–H groups in total. The molecule has 10 nitrogen and oxygen atoms in total. The summed E-state index contributed by atoms with van der Waals surface area (Å²) in [4.78, 5) is 10.8.